The lowest BCUT2D eigenvalue weighted by atomic mass is 9.84. The van der Waals surface area contributed by atoms with E-state index >= 15 is 0 Å². The molecule has 2 atom stereocenters. The SMILES string of the molecule is CC1=C(c2c(C)ccc(C)c2C)C2CCC(C1)N2. The van der Waals surface area contributed by atoms with Crippen molar-refractivity contribution in [1.29, 1.82) is 0 Å². The molecule has 0 radical (unpaired) electrons. The fraction of sp³-hybridized carbons (Fsp3) is 0.529. The van der Waals surface area contributed by atoms with E-state index in [2.05, 4.69) is 45.1 Å². The van der Waals surface area contributed by atoms with E-state index in [1.807, 2.05) is 0 Å². The molecule has 0 aliphatic carbocycles. The van der Waals surface area contributed by atoms with Crippen LogP contribution >= 0.6 is 0 Å². The molecule has 1 heteroatoms. The first kappa shape index (κ1) is 12.0. The fourth-order valence-electron chi connectivity index (χ4n) is 3.74. The van der Waals surface area contributed by atoms with E-state index < -0.39 is 0 Å². The maximum absolute atomic E-state index is 3.79. The predicted molar refractivity (Wildman–Crippen MR) is 77.8 cm³/mol. The van der Waals surface area contributed by atoms with Crippen molar-refractivity contribution in [3.63, 3.8) is 0 Å². The van der Waals surface area contributed by atoms with Gasteiger partial charge in [0.1, 0.15) is 0 Å². The summed E-state index contributed by atoms with van der Waals surface area (Å²) in [5, 5.41) is 3.79. The average Bonchev–Trinajstić information content (AvgIpc) is 2.71. The minimum Gasteiger partial charge on any atom is -0.307 e. The van der Waals surface area contributed by atoms with Gasteiger partial charge in [0, 0.05) is 12.1 Å². The predicted octanol–water partition coefficient (Wildman–Crippen LogP) is 3.91. The van der Waals surface area contributed by atoms with Gasteiger partial charge < -0.3 is 5.32 Å². The molecule has 1 aromatic rings. The Bertz CT molecular complexity index is 525. The number of aryl methyl sites for hydroxylation is 2. The van der Waals surface area contributed by atoms with Crippen molar-refractivity contribution in [3.8, 4) is 0 Å². The van der Waals surface area contributed by atoms with Gasteiger partial charge in [-0.2, -0.15) is 0 Å². The highest BCUT2D eigenvalue weighted by molar-refractivity contribution is 5.78. The topological polar surface area (TPSA) is 12.0 Å². The van der Waals surface area contributed by atoms with Crippen LogP contribution < -0.4 is 5.32 Å². The van der Waals surface area contributed by atoms with Crippen LogP contribution in [0.15, 0.2) is 17.7 Å². The summed E-state index contributed by atoms with van der Waals surface area (Å²) in [6, 6.07) is 5.86. The van der Waals surface area contributed by atoms with E-state index in [4.69, 9.17) is 0 Å². The summed E-state index contributed by atoms with van der Waals surface area (Å²) in [7, 11) is 0. The van der Waals surface area contributed by atoms with Crippen molar-refractivity contribution in [3.05, 3.63) is 40.0 Å². The second kappa shape index (κ2) is 4.24. The van der Waals surface area contributed by atoms with E-state index in [0.717, 1.165) is 6.04 Å². The van der Waals surface area contributed by atoms with E-state index in [1.165, 1.54) is 41.5 Å². The molecule has 18 heavy (non-hydrogen) atoms. The maximum Gasteiger partial charge on any atom is 0.0328 e. The number of hydrogen-bond donors (Lipinski definition) is 1. The van der Waals surface area contributed by atoms with Gasteiger partial charge in [-0.1, -0.05) is 17.7 Å². The normalized spacial score (nSPS) is 26.9. The second-order valence-electron chi connectivity index (χ2n) is 6.09. The molecule has 1 fully saturated rings. The van der Waals surface area contributed by atoms with Crippen molar-refractivity contribution in [2.24, 2.45) is 0 Å². The third-order valence-electron chi connectivity index (χ3n) is 4.82. The molecule has 0 amide bonds. The summed E-state index contributed by atoms with van der Waals surface area (Å²) in [5.41, 5.74) is 9.04. The summed E-state index contributed by atoms with van der Waals surface area (Å²) in [4.78, 5) is 0. The minimum atomic E-state index is 0.600. The summed E-state index contributed by atoms with van der Waals surface area (Å²) in [6.45, 7) is 9.09. The summed E-state index contributed by atoms with van der Waals surface area (Å²) in [6.07, 6.45) is 3.89. The molecule has 1 nitrogen and oxygen atoms in total. The van der Waals surface area contributed by atoms with Crippen LogP contribution in [0.5, 0.6) is 0 Å². The molecule has 1 aromatic carbocycles. The van der Waals surface area contributed by atoms with E-state index in [1.54, 1.807) is 11.1 Å². The van der Waals surface area contributed by atoms with Crippen molar-refractivity contribution in [2.45, 2.75) is 59.0 Å². The summed E-state index contributed by atoms with van der Waals surface area (Å²) >= 11 is 0. The van der Waals surface area contributed by atoms with Crippen molar-refractivity contribution < 1.29 is 0 Å². The monoisotopic (exact) mass is 241 g/mol. The van der Waals surface area contributed by atoms with E-state index in [0.29, 0.717) is 6.04 Å². The molecule has 0 saturated carbocycles. The molecule has 2 unspecified atom stereocenters. The van der Waals surface area contributed by atoms with Crippen LogP contribution in [0, 0.1) is 20.8 Å². The van der Waals surface area contributed by atoms with Gasteiger partial charge in [0.2, 0.25) is 0 Å². The first-order valence-corrected chi connectivity index (χ1v) is 7.11. The van der Waals surface area contributed by atoms with Crippen LogP contribution in [0.4, 0.5) is 0 Å². The first-order valence-electron chi connectivity index (χ1n) is 7.11. The zero-order valence-electron chi connectivity index (χ0n) is 11.9. The lowest BCUT2D eigenvalue weighted by Gasteiger charge is -2.29. The van der Waals surface area contributed by atoms with Crippen LogP contribution in [0.25, 0.3) is 5.57 Å². The Kier molecular flexibility index (Phi) is 2.82. The molecule has 3 rings (SSSR count). The van der Waals surface area contributed by atoms with Gasteiger partial charge in [0.25, 0.3) is 0 Å². The highest BCUT2D eigenvalue weighted by Gasteiger charge is 2.34. The Hall–Kier alpha value is -1.08. The van der Waals surface area contributed by atoms with Crippen molar-refractivity contribution >= 4 is 5.57 Å². The summed E-state index contributed by atoms with van der Waals surface area (Å²) < 4.78 is 0. The Morgan fingerprint density at radius 3 is 2.50 bits per heavy atom. The highest BCUT2D eigenvalue weighted by atomic mass is 15.0. The first-order chi connectivity index (χ1) is 8.58. The molecule has 2 bridgehead atoms. The molecule has 2 aliphatic heterocycles. The number of benzene rings is 1. The standard InChI is InChI=1S/C17H23N/c1-10-5-6-11(2)16(13(10)4)17-12(3)9-14-7-8-15(17)18-14/h5-6,14-15,18H,7-9H2,1-4H3. The molecule has 2 aliphatic rings. The largest absolute Gasteiger partial charge is 0.307 e. The molecule has 0 spiro atoms. The van der Waals surface area contributed by atoms with Gasteiger partial charge in [-0.15, -0.1) is 0 Å². The van der Waals surface area contributed by atoms with Crippen molar-refractivity contribution in [2.75, 3.05) is 0 Å². The smallest absolute Gasteiger partial charge is 0.0328 e. The lowest BCUT2D eigenvalue weighted by Crippen LogP contribution is -2.35. The Morgan fingerprint density at radius 2 is 1.72 bits per heavy atom. The van der Waals surface area contributed by atoms with Crippen molar-refractivity contribution in [1.82, 2.24) is 5.32 Å². The molecular weight excluding hydrogens is 218 g/mol. The Balaban J connectivity index is 2.18. The number of rotatable bonds is 1. The van der Waals surface area contributed by atoms with E-state index in [-0.39, 0.29) is 0 Å². The Morgan fingerprint density at radius 1 is 1.00 bits per heavy atom. The van der Waals surface area contributed by atoms with Gasteiger partial charge in [0.05, 0.1) is 0 Å². The molecule has 1 N–H and O–H groups in total. The number of fused-ring (bicyclic) bond motifs is 2. The third-order valence-corrected chi connectivity index (χ3v) is 4.82. The maximum atomic E-state index is 3.79. The number of nitrogens with one attached hydrogen (secondary N) is 1. The van der Waals surface area contributed by atoms with Crippen LogP contribution in [-0.2, 0) is 0 Å². The van der Waals surface area contributed by atoms with Crippen LogP contribution in [0.1, 0.15) is 48.4 Å². The molecule has 0 aromatic heterocycles. The fourth-order valence-corrected chi connectivity index (χ4v) is 3.74. The van der Waals surface area contributed by atoms with Crippen LogP contribution in [0.2, 0.25) is 0 Å². The average molecular weight is 241 g/mol. The highest BCUT2D eigenvalue weighted by Crippen LogP contribution is 2.39. The van der Waals surface area contributed by atoms with Crippen LogP contribution in [-0.4, -0.2) is 12.1 Å². The second-order valence-corrected chi connectivity index (χ2v) is 6.09. The van der Waals surface area contributed by atoms with Gasteiger partial charge in [0.15, 0.2) is 0 Å². The lowest BCUT2D eigenvalue weighted by molar-refractivity contribution is 0.558. The molecule has 96 valence electrons. The van der Waals surface area contributed by atoms with Gasteiger partial charge >= 0.3 is 0 Å². The zero-order chi connectivity index (χ0) is 12.9. The number of hydrogen-bond acceptors (Lipinski definition) is 1. The van der Waals surface area contributed by atoms with Gasteiger partial charge in [-0.3, -0.25) is 0 Å². The molecule has 1 saturated heterocycles. The third kappa shape index (κ3) is 1.73. The van der Waals surface area contributed by atoms with Crippen LogP contribution in [0.3, 0.4) is 0 Å². The van der Waals surface area contributed by atoms with Gasteiger partial charge in [-0.05, 0) is 74.8 Å². The van der Waals surface area contributed by atoms with E-state index in [9.17, 15) is 0 Å². The zero-order valence-corrected chi connectivity index (χ0v) is 11.9. The quantitative estimate of drug-likeness (QED) is 0.786. The minimum absolute atomic E-state index is 0.600. The van der Waals surface area contributed by atoms with Gasteiger partial charge in [-0.25, -0.2) is 0 Å². The summed E-state index contributed by atoms with van der Waals surface area (Å²) in [5.74, 6) is 0. The Labute approximate surface area is 110 Å². The molecular formula is C17H23N. The molecule has 2 heterocycles.